The molecular formula is C15H18N2O. The molecule has 0 unspecified atom stereocenters. The van der Waals surface area contributed by atoms with Crippen LogP contribution in [0.25, 0.3) is 10.9 Å². The van der Waals surface area contributed by atoms with Gasteiger partial charge in [-0.15, -0.1) is 0 Å². The van der Waals surface area contributed by atoms with E-state index in [0.29, 0.717) is 6.42 Å². The van der Waals surface area contributed by atoms with Crippen LogP contribution in [0.4, 0.5) is 0 Å². The number of nitriles is 1. The van der Waals surface area contributed by atoms with Gasteiger partial charge in [0.05, 0.1) is 18.7 Å². The summed E-state index contributed by atoms with van der Waals surface area (Å²) >= 11 is 0. The standard InChI is InChI=1S/C15H18N2O/c1-10-8-13-12(6-5-7-16)11(2)17(3)15(13)14(9-10)18-4/h8-9H,5-6H2,1-4H3. The second-order valence-electron chi connectivity index (χ2n) is 4.64. The number of hydrogen-bond acceptors (Lipinski definition) is 2. The van der Waals surface area contributed by atoms with E-state index in [4.69, 9.17) is 10.00 Å². The fourth-order valence-electron chi connectivity index (χ4n) is 2.54. The first-order valence-corrected chi connectivity index (χ1v) is 6.09. The number of nitrogens with zero attached hydrogens (tertiary/aromatic N) is 2. The Labute approximate surface area is 108 Å². The van der Waals surface area contributed by atoms with Crippen LogP contribution in [0.15, 0.2) is 12.1 Å². The molecule has 1 heterocycles. The highest BCUT2D eigenvalue weighted by Crippen LogP contribution is 2.33. The SMILES string of the molecule is COc1cc(C)cc2c(CCC#N)c(C)n(C)c12. The first-order chi connectivity index (χ1) is 8.60. The van der Waals surface area contributed by atoms with Gasteiger partial charge >= 0.3 is 0 Å². The number of fused-ring (bicyclic) bond motifs is 1. The molecule has 0 saturated carbocycles. The van der Waals surface area contributed by atoms with Gasteiger partial charge in [0.2, 0.25) is 0 Å². The molecule has 1 aromatic carbocycles. The lowest BCUT2D eigenvalue weighted by Gasteiger charge is -2.06. The van der Waals surface area contributed by atoms with Gasteiger partial charge in [0.1, 0.15) is 5.75 Å². The zero-order chi connectivity index (χ0) is 13.3. The van der Waals surface area contributed by atoms with Gasteiger partial charge in [-0.2, -0.15) is 5.26 Å². The molecule has 3 nitrogen and oxygen atoms in total. The normalized spacial score (nSPS) is 10.6. The fraction of sp³-hybridized carbons (Fsp3) is 0.400. The number of hydrogen-bond donors (Lipinski definition) is 0. The molecule has 2 rings (SSSR count). The summed E-state index contributed by atoms with van der Waals surface area (Å²) in [6, 6.07) is 6.45. The maximum atomic E-state index is 8.77. The molecule has 0 bridgehead atoms. The van der Waals surface area contributed by atoms with Crippen molar-refractivity contribution >= 4 is 10.9 Å². The lowest BCUT2D eigenvalue weighted by molar-refractivity contribution is 0.417. The number of aryl methyl sites for hydroxylation is 3. The third-order valence-corrected chi connectivity index (χ3v) is 3.53. The van der Waals surface area contributed by atoms with E-state index in [-0.39, 0.29) is 0 Å². The molecule has 2 aromatic rings. The van der Waals surface area contributed by atoms with Gasteiger partial charge < -0.3 is 9.30 Å². The maximum absolute atomic E-state index is 8.77. The molecular weight excluding hydrogens is 224 g/mol. The van der Waals surface area contributed by atoms with E-state index in [1.807, 2.05) is 7.05 Å². The van der Waals surface area contributed by atoms with Crippen molar-refractivity contribution in [3.63, 3.8) is 0 Å². The molecule has 1 aromatic heterocycles. The largest absolute Gasteiger partial charge is 0.495 e. The van der Waals surface area contributed by atoms with Gasteiger partial charge in [-0.1, -0.05) is 0 Å². The smallest absolute Gasteiger partial charge is 0.143 e. The van der Waals surface area contributed by atoms with E-state index in [9.17, 15) is 0 Å². The molecule has 0 aliphatic carbocycles. The Bertz CT molecular complexity index is 632. The Morgan fingerprint density at radius 2 is 2.06 bits per heavy atom. The molecule has 0 spiro atoms. The Balaban J connectivity index is 2.76. The lowest BCUT2D eigenvalue weighted by atomic mass is 10.0. The van der Waals surface area contributed by atoms with Crippen molar-refractivity contribution < 1.29 is 4.74 Å². The second-order valence-corrected chi connectivity index (χ2v) is 4.64. The Morgan fingerprint density at radius 3 is 2.67 bits per heavy atom. The lowest BCUT2D eigenvalue weighted by Crippen LogP contribution is -1.94. The summed E-state index contributed by atoms with van der Waals surface area (Å²) in [6.07, 6.45) is 1.35. The van der Waals surface area contributed by atoms with Crippen LogP contribution >= 0.6 is 0 Å². The predicted molar refractivity (Wildman–Crippen MR) is 72.9 cm³/mol. The predicted octanol–water partition coefficient (Wildman–Crippen LogP) is 3.26. The Morgan fingerprint density at radius 1 is 1.33 bits per heavy atom. The number of rotatable bonds is 3. The van der Waals surface area contributed by atoms with Crippen LogP contribution in [0, 0.1) is 25.2 Å². The van der Waals surface area contributed by atoms with Crippen LogP contribution in [0.5, 0.6) is 5.75 Å². The van der Waals surface area contributed by atoms with Crippen molar-refractivity contribution in [1.82, 2.24) is 4.57 Å². The van der Waals surface area contributed by atoms with Gasteiger partial charge in [0.25, 0.3) is 0 Å². The van der Waals surface area contributed by atoms with Crippen LogP contribution < -0.4 is 4.74 Å². The summed E-state index contributed by atoms with van der Waals surface area (Å²) in [7, 11) is 3.75. The first kappa shape index (κ1) is 12.5. The van der Waals surface area contributed by atoms with Crippen LogP contribution in [-0.2, 0) is 13.5 Å². The molecule has 0 aliphatic heterocycles. The summed E-state index contributed by atoms with van der Waals surface area (Å²) in [5, 5.41) is 9.98. The third kappa shape index (κ3) is 1.84. The summed E-state index contributed by atoms with van der Waals surface area (Å²) in [5.74, 6) is 0.902. The molecule has 0 fully saturated rings. The van der Waals surface area contributed by atoms with Crippen LogP contribution in [0.2, 0.25) is 0 Å². The van der Waals surface area contributed by atoms with Gasteiger partial charge in [0, 0.05) is 24.5 Å². The Hall–Kier alpha value is -1.95. The minimum atomic E-state index is 0.552. The highest BCUT2D eigenvalue weighted by Gasteiger charge is 2.15. The molecule has 0 radical (unpaired) electrons. The van der Waals surface area contributed by atoms with E-state index in [0.717, 1.165) is 17.7 Å². The molecule has 0 saturated heterocycles. The molecule has 0 N–H and O–H groups in total. The quantitative estimate of drug-likeness (QED) is 0.828. The highest BCUT2D eigenvalue weighted by molar-refractivity contribution is 5.91. The first-order valence-electron chi connectivity index (χ1n) is 6.09. The van der Waals surface area contributed by atoms with Gasteiger partial charge in [-0.25, -0.2) is 0 Å². The summed E-state index contributed by atoms with van der Waals surface area (Å²) in [4.78, 5) is 0. The van der Waals surface area contributed by atoms with Crippen LogP contribution in [0.1, 0.15) is 23.2 Å². The third-order valence-electron chi connectivity index (χ3n) is 3.53. The fourth-order valence-corrected chi connectivity index (χ4v) is 2.54. The molecule has 0 amide bonds. The van der Waals surface area contributed by atoms with Crippen molar-refractivity contribution in [2.75, 3.05) is 7.11 Å². The number of ether oxygens (including phenoxy) is 1. The molecule has 0 atom stereocenters. The maximum Gasteiger partial charge on any atom is 0.143 e. The average Bonchev–Trinajstić information content (AvgIpc) is 2.59. The second kappa shape index (κ2) is 4.73. The number of methoxy groups -OCH3 is 1. The molecule has 0 aliphatic rings. The molecule has 18 heavy (non-hydrogen) atoms. The van der Waals surface area contributed by atoms with Gasteiger partial charge in [-0.05, 0) is 43.5 Å². The number of benzene rings is 1. The van der Waals surface area contributed by atoms with Crippen LogP contribution in [0.3, 0.4) is 0 Å². The average molecular weight is 242 g/mol. The van der Waals surface area contributed by atoms with E-state index in [2.05, 4.69) is 36.6 Å². The van der Waals surface area contributed by atoms with Crippen molar-refractivity contribution in [1.29, 1.82) is 5.26 Å². The van der Waals surface area contributed by atoms with Gasteiger partial charge in [0.15, 0.2) is 0 Å². The van der Waals surface area contributed by atoms with E-state index in [1.54, 1.807) is 7.11 Å². The minimum absolute atomic E-state index is 0.552. The molecule has 94 valence electrons. The molecule has 3 heteroatoms. The summed E-state index contributed by atoms with van der Waals surface area (Å²) in [5.41, 5.74) is 4.77. The minimum Gasteiger partial charge on any atom is -0.495 e. The highest BCUT2D eigenvalue weighted by atomic mass is 16.5. The van der Waals surface area contributed by atoms with Crippen molar-refractivity contribution in [2.24, 2.45) is 7.05 Å². The monoisotopic (exact) mass is 242 g/mol. The summed E-state index contributed by atoms with van der Waals surface area (Å²) in [6.45, 7) is 4.17. The van der Waals surface area contributed by atoms with Gasteiger partial charge in [-0.3, -0.25) is 0 Å². The topological polar surface area (TPSA) is 37.9 Å². The zero-order valence-electron chi connectivity index (χ0n) is 11.4. The Kier molecular flexibility index (Phi) is 3.29. The zero-order valence-corrected chi connectivity index (χ0v) is 11.4. The van der Waals surface area contributed by atoms with Crippen LogP contribution in [-0.4, -0.2) is 11.7 Å². The van der Waals surface area contributed by atoms with E-state index in [1.165, 1.54) is 22.2 Å². The number of aromatic nitrogens is 1. The van der Waals surface area contributed by atoms with Crippen molar-refractivity contribution in [3.8, 4) is 11.8 Å². The van der Waals surface area contributed by atoms with E-state index >= 15 is 0 Å². The van der Waals surface area contributed by atoms with Crippen molar-refractivity contribution in [2.45, 2.75) is 26.7 Å². The van der Waals surface area contributed by atoms with E-state index < -0.39 is 0 Å². The van der Waals surface area contributed by atoms with Crippen molar-refractivity contribution in [3.05, 3.63) is 29.0 Å². The summed E-state index contributed by atoms with van der Waals surface area (Å²) < 4.78 is 7.63.